The van der Waals surface area contributed by atoms with Crippen LogP contribution in [-0.2, 0) is 0 Å². The fraction of sp³-hybridized carbons (Fsp3) is 0.250. The molecule has 0 radical (unpaired) electrons. The highest BCUT2D eigenvalue weighted by Gasteiger charge is 2.21. The molecule has 0 spiro atoms. The van der Waals surface area contributed by atoms with Crippen LogP contribution in [0.2, 0.25) is 0 Å². The minimum absolute atomic E-state index is 0.0604. The van der Waals surface area contributed by atoms with E-state index in [1.165, 1.54) is 5.39 Å². The van der Waals surface area contributed by atoms with Gasteiger partial charge >= 0.3 is 0 Å². The molecule has 0 aromatic carbocycles. The Kier molecular flexibility index (Phi) is 3.91. The third-order valence-electron chi connectivity index (χ3n) is 5.16. The number of H-pyrrole nitrogens is 1. The minimum atomic E-state index is 0.0604. The van der Waals surface area contributed by atoms with E-state index >= 15 is 0 Å². The van der Waals surface area contributed by atoms with E-state index in [2.05, 4.69) is 33.0 Å². The van der Waals surface area contributed by atoms with Crippen molar-refractivity contribution in [3.63, 3.8) is 0 Å². The van der Waals surface area contributed by atoms with E-state index in [-0.39, 0.29) is 5.91 Å². The molecule has 6 nitrogen and oxygen atoms in total. The standard InChI is InChI=1S/C20H19N5OS/c1-24-4-6-25(7-5-24)20(26)14-8-15-16(11-23-19(15)22-10-14)17-9-13-2-3-21-12-18(13)27-17/h2-3,8-12H,4-7H2,1H3,(H,22,23). The zero-order chi connectivity index (χ0) is 18.4. The van der Waals surface area contributed by atoms with Gasteiger partial charge in [0.25, 0.3) is 5.91 Å². The van der Waals surface area contributed by atoms with Crippen molar-refractivity contribution in [1.29, 1.82) is 0 Å². The van der Waals surface area contributed by atoms with Gasteiger partial charge < -0.3 is 14.8 Å². The monoisotopic (exact) mass is 377 g/mol. The van der Waals surface area contributed by atoms with Crippen molar-refractivity contribution in [3.8, 4) is 10.4 Å². The zero-order valence-corrected chi connectivity index (χ0v) is 15.8. The highest BCUT2D eigenvalue weighted by molar-refractivity contribution is 7.22. The minimum Gasteiger partial charge on any atom is -0.345 e. The fourth-order valence-corrected chi connectivity index (χ4v) is 4.59. The van der Waals surface area contributed by atoms with Crippen LogP contribution < -0.4 is 0 Å². The summed E-state index contributed by atoms with van der Waals surface area (Å²) >= 11 is 1.70. The molecule has 27 heavy (non-hydrogen) atoms. The van der Waals surface area contributed by atoms with Crippen molar-refractivity contribution >= 4 is 38.4 Å². The number of aromatic nitrogens is 3. The van der Waals surface area contributed by atoms with Gasteiger partial charge in [0, 0.05) is 66.8 Å². The molecule has 1 amide bonds. The quantitative estimate of drug-likeness (QED) is 0.582. The number of thiophene rings is 1. The Hall–Kier alpha value is -2.77. The number of likely N-dealkylation sites (N-methyl/N-ethyl adjacent to an activating group) is 1. The van der Waals surface area contributed by atoms with Crippen LogP contribution >= 0.6 is 11.3 Å². The number of nitrogens with zero attached hydrogens (tertiary/aromatic N) is 4. The van der Waals surface area contributed by atoms with Gasteiger partial charge in [-0.25, -0.2) is 4.98 Å². The summed E-state index contributed by atoms with van der Waals surface area (Å²) < 4.78 is 1.15. The lowest BCUT2D eigenvalue weighted by Gasteiger charge is -2.32. The number of carbonyl (C=O) groups is 1. The van der Waals surface area contributed by atoms with E-state index < -0.39 is 0 Å². The molecule has 1 saturated heterocycles. The Morgan fingerprint density at radius 2 is 2.04 bits per heavy atom. The molecule has 1 aliphatic rings. The lowest BCUT2D eigenvalue weighted by Crippen LogP contribution is -2.47. The first-order chi connectivity index (χ1) is 13.2. The SMILES string of the molecule is CN1CCN(C(=O)c2cnc3[nH]cc(-c4cc5ccncc5s4)c3c2)CC1. The second-order valence-electron chi connectivity index (χ2n) is 6.94. The number of rotatable bonds is 2. The van der Waals surface area contributed by atoms with Gasteiger partial charge in [0.2, 0.25) is 0 Å². The first-order valence-electron chi connectivity index (χ1n) is 8.98. The maximum absolute atomic E-state index is 12.9. The molecular formula is C20H19N5OS. The average molecular weight is 377 g/mol. The summed E-state index contributed by atoms with van der Waals surface area (Å²) in [4.78, 5) is 30.1. The zero-order valence-electron chi connectivity index (χ0n) is 15.0. The lowest BCUT2D eigenvalue weighted by atomic mass is 10.1. The van der Waals surface area contributed by atoms with Gasteiger partial charge in [-0.2, -0.15) is 0 Å². The first kappa shape index (κ1) is 16.4. The van der Waals surface area contributed by atoms with Crippen LogP contribution in [0.15, 0.2) is 43.0 Å². The lowest BCUT2D eigenvalue weighted by molar-refractivity contribution is 0.0664. The molecule has 7 heteroatoms. The van der Waals surface area contributed by atoms with Gasteiger partial charge in [-0.05, 0) is 30.6 Å². The molecule has 1 N–H and O–H groups in total. The van der Waals surface area contributed by atoms with Crippen molar-refractivity contribution in [3.05, 3.63) is 48.5 Å². The van der Waals surface area contributed by atoms with Crippen molar-refractivity contribution < 1.29 is 4.79 Å². The van der Waals surface area contributed by atoms with Gasteiger partial charge in [-0.3, -0.25) is 9.78 Å². The Morgan fingerprint density at radius 1 is 1.19 bits per heavy atom. The predicted octanol–water partition coefficient (Wildman–Crippen LogP) is 3.23. The molecular weight excluding hydrogens is 358 g/mol. The number of fused-ring (bicyclic) bond motifs is 2. The highest BCUT2D eigenvalue weighted by Crippen LogP contribution is 2.36. The molecule has 4 aromatic rings. The van der Waals surface area contributed by atoms with Gasteiger partial charge in [-0.15, -0.1) is 11.3 Å². The molecule has 4 aromatic heterocycles. The molecule has 0 atom stereocenters. The number of amides is 1. The number of hydrogen-bond acceptors (Lipinski definition) is 5. The topological polar surface area (TPSA) is 65.1 Å². The number of pyridine rings is 2. The first-order valence-corrected chi connectivity index (χ1v) is 9.79. The van der Waals surface area contributed by atoms with E-state index in [1.54, 1.807) is 17.5 Å². The Bertz CT molecular complexity index is 1110. The van der Waals surface area contributed by atoms with E-state index in [1.807, 2.05) is 35.6 Å². The summed E-state index contributed by atoms with van der Waals surface area (Å²) in [6.07, 6.45) is 7.35. The van der Waals surface area contributed by atoms with Crippen molar-refractivity contribution in [2.75, 3.05) is 33.2 Å². The number of hydrogen-bond donors (Lipinski definition) is 1. The van der Waals surface area contributed by atoms with Crippen molar-refractivity contribution in [2.45, 2.75) is 0 Å². The van der Waals surface area contributed by atoms with Crippen LogP contribution in [0.5, 0.6) is 0 Å². The summed E-state index contributed by atoms with van der Waals surface area (Å²) in [6, 6.07) is 6.15. The van der Waals surface area contributed by atoms with E-state index in [0.29, 0.717) is 5.56 Å². The van der Waals surface area contributed by atoms with E-state index in [0.717, 1.165) is 52.4 Å². The molecule has 1 aliphatic heterocycles. The second-order valence-corrected chi connectivity index (χ2v) is 8.03. The summed E-state index contributed by atoms with van der Waals surface area (Å²) in [5.41, 5.74) is 2.53. The predicted molar refractivity (Wildman–Crippen MR) is 108 cm³/mol. The van der Waals surface area contributed by atoms with Gasteiger partial charge in [0.1, 0.15) is 5.65 Å². The van der Waals surface area contributed by atoms with E-state index in [9.17, 15) is 4.79 Å². The molecule has 5 heterocycles. The molecule has 5 rings (SSSR count). The Morgan fingerprint density at radius 3 is 2.85 bits per heavy atom. The number of nitrogens with one attached hydrogen (secondary N) is 1. The largest absolute Gasteiger partial charge is 0.345 e. The van der Waals surface area contributed by atoms with Gasteiger partial charge in [0.15, 0.2) is 0 Å². The normalized spacial score (nSPS) is 15.7. The maximum Gasteiger partial charge on any atom is 0.255 e. The van der Waals surface area contributed by atoms with Crippen LogP contribution in [0.3, 0.4) is 0 Å². The third-order valence-corrected chi connectivity index (χ3v) is 6.28. The van der Waals surface area contributed by atoms with Crippen LogP contribution in [-0.4, -0.2) is 63.9 Å². The van der Waals surface area contributed by atoms with Crippen LogP contribution in [0.1, 0.15) is 10.4 Å². The maximum atomic E-state index is 12.9. The highest BCUT2D eigenvalue weighted by atomic mass is 32.1. The third kappa shape index (κ3) is 2.89. The van der Waals surface area contributed by atoms with Crippen LogP contribution in [0.4, 0.5) is 0 Å². The molecule has 0 saturated carbocycles. The fourth-order valence-electron chi connectivity index (χ4n) is 3.53. The van der Waals surface area contributed by atoms with Gasteiger partial charge in [0.05, 0.1) is 10.3 Å². The summed E-state index contributed by atoms with van der Waals surface area (Å²) in [6.45, 7) is 3.34. The van der Waals surface area contributed by atoms with Crippen molar-refractivity contribution in [2.24, 2.45) is 0 Å². The molecule has 0 bridgehead atoms. The van der Waals surface area contributed by atoms with Crippen molar-refractivity contribution in [1.82, 2.24) is 24.8 Å². The Labute approximate surface area is 160 Å². The summed E-state index contributed by atoms with van der Waals surface area (Å²) in [5, 5.41) is 2.16. The molecule has 0 aliphatic carbocycles. The summed E-state index contributed by atoms with van der Waals surface area (Å²) in [7, 11) is 2.09. The number of aromatic amines is 1. The number of piperazine rings is 1. The average Bonchev–Trinajstić information content (AvgIpc) is 3.31. The molecule has 1 fully saturated rings. The van der Waals surface area contributed by atoms with Gasteiger partial charge in [-0.1, -0.05) is 0 Å². The van der Waals surface area contributed by atoms with Crippen LogP contribution in [0, 0.1) is 0 Å². The summed E-state index contributed by atoms with van der Waals surface area (Å²) in [5.74, 6) is 0.0604. The number of carbonyl (C=O) groups excluding carboxylic acids is 1. The Balaban J connectivity index is 1.53. The molecule has 136 valence electrons. The smallest absolute Gasteiger partial charge is 0.255 e. The second kappa shape index (κ2) is 6.44. The molecule has 0 unspecified atom stereocenters. The van der Waals surface area contributed by atoms with Crippen LogP contribution in [0.25, 0.3) is 31.6 Å². The van der Waals surface area contributed by atoms with E-state index in [4.69, 9.17) is 0 Å².